The summed E-state index contributed by atoms with van der Waals surface area (Å²) in [6.07, 6.45) is 6.77. The van der Waals surface area contributed by atoms with Crippen molar-refractivity contribution in [1.82, 2.24) is 0 Å². The smallest absolute Gasteiger partial charge is 0.336 e. The van der Waals surface area contributed by atoms with Crippen molar-refractivity contribution in [1.29, 1.82) is 0 Å². The van der Waals surface area contributed by atoms with Crippen molar-refractivity contribution in [2.75, 3.05) is 18.0 Å². The molecule has 19 heavy (non-hydrogen) atoms. The predicted octanol–water partition coefficient (Wildman–Crippen LogP) is 3.92. The molecule has 2 aliphatic rings. The molecule has 1 N–H and O–H groups in total. The van der Waals surface area contributed by atoms with Gasteiger partial charge in [-0.05, 0) is 47.0 Å². The van der Waals surface area contributed by atoms with E-state index in [0.717, 1.165) is 18.8 Å². The van der Waals surface area contributed by atoms with E-state index >= 15 is 0 Å². The lowest BCUT2D eigenvalue weighted by atomic mass is 9.68. The number of hydrogen-bond donors (Lipinski definition) is 1. The number of aromatic carboxylic acids is 1. The predicted molar refractivity (Wildman–Crippen MR) is 78.8 cm³/mol. The number of benzene rings is 1. The number of rotatable bonds is 2. The number of nitrogens with zero attached hydrogens (tertiary/aromatic N) is 1. The Morgan fingerprint density at radius 3 is 2.53 bits per heavy atom. The molecule has 1 aromatic carbocycles. The summed E-state index contributed by atoms with van der Waals surface area (Å²) in [6.45, 7) is 2.18. The van der Waals surface area contributed by atoms with E-state index in [-0.39, 0.29) is 0 Å². The highest BCUT2D eigenvalue weighted by Crippen LogP contribution is 2.45. The zero-order valence-corrected chi connectivity index (χ0v) is 12.4. The highest BCUT2D eigenvalue weighted by atomic mass is 79.9. The molecule has 0 aromatic heterocycles. The van der Waals surface area contributed by atoms with Gasteiger partial charge >= 0.3 is 5.97 Å². The van der Waals surface area contributed by atoms with Crippen molar-refractivity contribution in [2.24, 2.45) is 5.41 Å². The second kappa shape index (κ2) is 4.82. The Hall–Kier alpha value is -1.03. The lowest BCUT2D eigenvalue weighted by Crippen LogP contribution is -2.57. The SMILES string of the molecule is O=C(O)c1cc(N2CC3(CCCCC3)C2)ccc1Br. The fourth-order valence-corrected chi connectivity index (χ4v) is 3.85. The van der Waals surface area contributed by atoms with Crippen LogP contribution in [0.25, 0.3) is 0 Å². The minimum Gasteiger partial charge on any atom is -0.478 e. The molecule has 0 unspecified atom stereocenters. The molecule has 1 saturated carbocycles. The molecule has 1 aliphatic heterocycles. The van der Waals surface area contributed by atoms with Crippen LogP contribution in [0.5, 0.6) is 0 Å². The molecule has 1 aliphatic carbocycles. The monoisotopic (exact) mass is 323 g/mol. The third-order valence-electron chi connectivity index (χ3n) is 4.51. The molecule has 0 atom stereocenters. The van der Waals surface area contributed by atoms with Gasteiger partial charge in [0.2, 0.25) is 0 Å². The van der Waals surface area contributed by atoms with Crippen LogP contribution in [0, 0.1) is 5.41 Å². The number of carbonyl (C=O) groups is 1. The Balaban J connectivity index is 1.74. The molecule has 1 heterocycles. The van der Waals surface area contributed by atoms with Crippen LogP contribution >= 0.6 is 15.9 Å². The largest absolute Gasteiger partial charge is 0.478 e. The maximum absolute atomic E-state index is 11.1. The van der Waals surface area contributed by atoms with Gasteiger partial charge in [0, 0.05) is 28.7 Å². The van der Waals surface area contributed by atoms with Gasteiger partial charge < -0.3 is 10.0 Å². The zero-order valence-electron chi connectivity index (χ0n) is 10.9. The number of carboxylic acids is 1. The summed E-state index contributed by atoms with van der Waals surface area (Å²) in [5.74, 6) is -0.873. The van der Waals surface area contributed by atoms with Crippen LogP contribution < -0.4 is 4.90 Å². The molecule has 4 heteroatoms. The van der Waals surface area contributed by atoms with Crippen molar-refractivity contribution >= 4 is 27.6 Å². The second-order valence-corrected chi connectivity index (χ2v) is 6.74. The van der Waals surface area contributed by atoms with E-state index in [4.69, 9.17) is 5.11 Å². The van der Waals surface area contributed by atoms with E-state index in [1.54, 1.807) is 6.07 Å². The molecule has 2 fully saturated rings. The summed E-state index contributed by atoms with van der Waals surface area (Å²) in [4.78, 5) is 13.5. The lowest BCUT2D eigenvalue weighted by Gasteiger charge is -2.53. The Kier molecular flexibility index (Phi) is 3.29. The van der Waals surface area contributed by atoms with E-state index in [1.165, 1.54) is 32.1 Å². The third-order valence-corrected chi connectivity index (χ3v) is 5.20. The highest BCUT2D eigenvalue weighted by Gasteiger charge is 2.43. The summed E-state index contributed by atoms with van der Waals surface area (Å²) >= 11 is 3.29. The summed E-state index contributed by atoms with van der Waals surface area (Å²) in [5, 5.41) is 9.16. The minimum atomic E-state index is -0.873. The standard InChI is InChI=1S/C15H18BrNO2/c16-13-5-4-11(8-12(13)14(18)19)17-9-15(10-17)6-2-1-3-7-15/h4-5,8H,1-3,6-7,9-10H2,(H,18,19). The van der Waals surface area contributed by atoms with Gasteiger partial charge in [0.1, 0.15) is 0 Å². The molecule has 0 radical (unpaired) electrons. The maximum atomic E-state index is 11.1. The van der Waals surface area contributed by atoms with E-state index in [1.807, 2.05) is 12.1 Å². The van der Waals surface area contributed by atoms with Crippen LogP contribution in [-0.4, -0.2) is 24.2 Å². The minimum absolute atomic E-state index is 0.349. The first-order valence-electron chi connectivity index (χ1n) is 6.88. The van der Waals surface area contributed by atoms with Gasteiger partial charge in [0.05, 0.1) is 5.56 Å². The van der Waals surface area contributed by atoms with Crippen LogP contribution in [0.2, 0.25) is 0 Å². The van der Waals surface area contributed by atoms with Crippen LogP contribution in [-0.2, 0) is 0 Å². The molecule has 102 valence electrons. The number of anilines is 1. The first-order chi connectivity index (χ1) is 9.10. The average molecular weight is 324 g/mol. The van der Waals surface area contributed by atoms with Gasteiger partial charge in [-0.2, -0.15) is 0 Å². The number of halogens is 1. The topological polar surface area (TPSA) is 40.5 Å². The fourth-order valence-electron chi connectivity index (χ4n) is 3.44. The van der Waals surface area contributed by atoms with Crippen molar-refractivity contribution in [3.8, 4) is 0 Å². The molecule has 0 bridgehead atoms. The van der Waals surface area contributed by atoms with Gasteiger partial charge in [0.15, 0.2) is 0 Å². The van der Waals surface area contributed by atoms with Gasteiger partial charge in [-0.25, -0.2) is 4.79 Å². The molecule has 1 spiro atoms. The first kappa shape index (κ1) is 13.0. The van der Waals surface area contributed by atoms with E-state index in [0.29, 0.717) is 15.5 Å². The molecular formula is C15H18BrNO2. The normalized spacial score (nSPS) is 21.2. The van der Waals surface area contributed by atoms with Crippen molar-refractivity contribution in [3.63, 3.8) is 0 Å². The Morgan fingerprint density at radius 2 is 1.89 bits per heavy atom. The van der Waals surface area contributed by atoms with Crippen LogP contribution in [0.3, 0.4) is 0 Å². The lowest BCUT2D eigenvalue weighted by molar-refractivity contribution is 0.0696. The van der Waals surface area contributed by atoms with Crippen LogP contribution in [0.15, 0.2) is 22.7 Å². The van der Waals surface area contributed by atoms with Gasteiger partial charge in [0.25, 0.3) is 0 Å². The molecule has 1 aromatic rings. The summed E-state index contributed by atoms with van der Waals surface area (Å²) in [7, 11) is 0. The molecule has 1 saturated heterocycles. The molecule has 3 nitrogen and oxygen atoms in total. The second-order valence-electron chi connectivity index (χ2n) is 5.89. The Labute approximate surface area is 121 Å². The quantitative estimate of drug-likeness (QED) is 0.896. The highest BCUT2D eigenvalue weighted by molar-refractivity contribution is 9.10. The average Bonchev–Trinajstić information content (AvgIpc) is 2.37. The molecular weight excluding hydrogens is 306 g/mol. The molecule has 3 rings (SSSR count). The molecule has 0 amide bonds. The first-order valence-corrected chi connectivity index (χ1v) is 7.67. The van der Waals surface area contributed by atoms with Crippen molar-refractivity contribution in [3.05, 3.63) is 28.2 Å². The van der Waals surface area contributed by atoms with Crippen LogP contribution in [0.4, 0.5) is 5.69 Å². The van der Waals surface area contributed by atoms with Crippen molar-refractivity contribution < 1.29 is 9.90 Å². The van der Waals surface area contributed by atoms with E-state index in [2.05, 4.69) is 20.8 Å². The van der Waals surface area contributed by atoms with Gasteiger partial charge in [-0.3, -0.25) is 0 Å². The summed E-state index contributed by atoms with van der Waals surface area (Å²) in [6, 6.07) is 5.62. The fraction of sp³-hybridized carbons (Fsp3) is 0.533. The van der Waals surface area contributed by atoms with Crippen molar-refractivity contribution in [2.45, 2.75) is 32.1 Å². The third kappa shape index (κ3) is 2.38. The summed E-state index contributed by atoms with van der Waals surface area (Å²) in [5.41, 5.74) is 1.91. The van der Waals surface area contributed by atoms with Gasteiger partial charge in [-0.15, -0.1) is 0 Å². The maximum Gasteiger partial charge on any atom is 0.336 e. The van der Waals surface area contributed by atoms with E-state index in [9.17, 15) is 4.79 Å². The zero-order chi connectivity index (χ0) is 13.5. The number of carboxylic acid groups (broad SMARTS) is 1. The number of hydrogen-bond acceptors (Lipinski definition) is 2. The van der Waals surface area contributed by atoms with Crippen LogP contribution in [0.1, 0.15) is 42.5 Å². The Bertz CT molecular complexity index is 501. The van der Waals surface area contributed by atoms with Gasteiger partial charge in [-0.1, -0.05) is 19.3 Å². The van der Waals surface area contributed by atoms with E-state index < -0.39 is 5.97 Å². The Morgan fingerprint density at radius 1 is 1.21 bits per heavy atom. The summed E-state index contributed by atoms with van der Waals surface area (Å²) < 4.78 is 0.650.